The Bertz CT molecular complexity index is 1220. The Hall–Kier alpha value is -4.33. The van der Waals surface area contributed by atoms with Crippen LogP contribution in [0.1, 0.15) is 42.2 Å². The summed E-state index contributed by atoms with van der Waals surface area (Å²) in [5, 5.41) is 14.0. The van der Waals surface area contributed by atoms with Crippen molar-refractivity contribution in [3.63, 3.8) is 0 Å². The highest BCUT2D eigenvalue weighted by Crippen LogP contribution is 2.38. The quantitative estimate of drug-likeness (QED) is 0.315. The van der Waals surface area contributed by atoms with Crippen molar-refractivity contribution in [2.75, 3.05) is 11.1 Å². The van der Waals surface area contributed by atoms with E-state index >= 15 is 0 Å². The summed E-state index contributed by atoms with van der Waals surface area (Å²) in [4.78, 5) is 49.4. The number of nitrogens with zero attached hydrogens (tertiary/aromatic N) is 1. The van der Waals surface area contributed by atoms with Gasteiger partial charge in [0.25, 0.3) is 11.6 Å². The number of anilines is 2. The summed E-state index contributed by atoms with van der Waals surface area (Å²) in [6, 6.07) is 14.9. The zero-order valence-electron chi connectivity index (χ0n) is 14.8. The summed E-state index contributed by atoms with van der Waals surface area (Å²) in [6.45, 7) is 0. The molecule has 0 saturated carbocycles. The molecule has 29 heavy (non-hydrogen) atoms. The van der Waals surface area contributed by atoms with Crippen molar-refractivity contribution >= 4 is 34.5 Å². The lowest BCUT2D eigenvalue weighted by atomic mass is 9.81. The Morgan fingerprint density at radius 1 is 0.862 bits per heavy atom. The summed E-state index contributed by atoms with van der Waals surface area (Å²) in [7, 11) is 0. The van der Waals surface area contributed by atoms with E-state index in [0.29, 0.717) is 5.56 Å². The maximum Gasteiger partial charge on any atom is 0.281 e. The molecule has 4 rings (SSSR count). The van der Waals surface area contributed by atoms with Crippen molar-refractivity contribution in [2.24, 2.45) is 0 Å². The van der Waals surface area contributed by atoms with Crippen LogP contribution in [-0.4, -0.2) is 22.4 Å². The van der Waals surface area contributed by atoms with Crippen molar-refractivity contribution in [3.8, 4) is 0 Å². The first-order chi connectivity index (χ1) is 13.9. The van der Waals surface area contributed by atoms with Gasteiger partial charge < -0.3 is 11.1 Å². The molecular weight excluding hydrogens is 374 g/mol. The molecule has 3 N–H and O–H groups in total. The zero-order valence-corrected chi connectivity index (χ0v) is 14.8. The second kappa shape index (κ2) is 6.68. The van der Waals surface area contributed by atoms with E-state index in [2.05, 4.69) is 5.32 Å². The molecule has 0 aromatic heterocycles. The standard InChI is InChI=1S/C21H13N3O5/c22-13-9-10-14(23-21(27)11-5-2-1-3-6-11)18-17(13)19(25)12-7-4-8-15(24(28)29)16(12)20(18)26/h1-10H,22H2,(H,23,27). The van der Waals surface area contributed by atoms with Crippen molar-refractivity contribution < 1.29 is 19.3 Å². The predicted octanol–water partition coefficient (Wildman–Crippen LogP) is 3.20. The average Bonchev–Trinajstić information content (AvgIpc) is 2.73. The maximum absolute atomic E-state index is 13.2. The zero-order chi connectivity index (χ0) is 20.7. The van der Waals surface area contributed by atoms with Crippen LogP contribution < -0.4 is 11.1 Å². The van der Waals surface area contributed by atoms with E-state index in [1.807, 2.05) is 0 Å². The highest BCUT2D eigenvalue weighted by molar-refractivity contribution is 6.33. The van der Waals surface area contributed by atoms with E-state index in [4.69, 9.17) is 5.73 Å². The maximum atomic E-state index is 13.2. The molecule has 0 atom stereocenters. The monoisotopic (exact) mass is 387 g/mol. The van der Waals surface area contributed by atoms with Gasteiger partial charge in [-0.2, -0.15) is 0 Å². The molecule has 3 aromatic carbocycles. The summed E-state index contributed by atoms with van der Waals surface area (Å²) < 4.78 is 0. The predicted molar refractivity (Wildman–Crippen MR) is 105 cm³/mol. The number of rotatable bonds is 3. The third-order valence-electron chi connectivity index (χ3n) is 4.69. The lowest BCUT2D eigenvalue weighted by Gasteiger charge is -2.21. The first kappa shape index (κ1) is 18.1. The molecule has 0 bridgehead atoms. The Morgan fingerprint density at radius 2 is 1.59 bits per heavy atom. The van der Waals surface area contributed by atoms with Crippen LogP contribution in [0.5, 0.6) is 0 Å². The number of nitro benzene ring substituents is 1. The van der Waals surface area contributed by atoms with Gasteiger partial charge in [0, 0.05) is 22.9 Å². The number of carbonyl (C=O) groups is 3. The smallest absolute Gasteiger partial charge is 0.281 e. The molecule has 0 spiro atoms. The average molecular weight is 387 g/mol. The fraction of sp³-hybridized carbons (Fsp3) is 0. The van der Waals surface area contributed by atoms with Crippen molar-refractivity contribution in [1.29, 1.82) is 0 Å². The van der Waals surface area contributed by atoms with Gasteiger partial charge >= 0.3 is 0 Å². The van der Waals surface area contributed by atoms with Crippen molar-refractivity contribution in [1.82, 2.24) is 0 Å². The minimum atomic E-state index is -0.738. The molecule has 0 radical (unpaired) electrons. The molecular formula is C21H13N3O5. The van der Waals surface area contributed by atoms with Gasteiger partial charge in [0.1, 0.15) is 5.56 Å². The molecule has 0 unspecified atom stereocenters. The van der Waals surface area contributed by atoms with E-state index in [9.17, 15) is 24.5 Å². The first-order valence-corrected chi connectivity index (χ1v) is 8.56. The third-order valence-corrected chi connectivity index (χ3v) is 4.69. The van der Waals surface area contributed by atoms with Crippen LogP contribution in [0.3, 0.4) is 0 Å². The Labute approximate surface area is 164 Å². The van der Waals surface area contributed by atoms with Crippen LogP contribution >= 0.6 is 0 Å². The number of fused-ring (bicyclic) bond motifs is 2. The van der Waals surface area contributed by atoms with E-state index in [0.717, 1.165) is 6.07 Å². The minimum absolute atomic E-state index is 0.0493. The minimum Gasteiger partial charge on any atom is -0.398 e. The van der Waals surface area contributed by atoms with Gasteiger partial charge in [-0.3, -0.25) is 24.5 Å². The Balaban J connectivity index is 1.89. The van der Waals surface area contributed by atoms with Crippen LogP contribution in [0.15, 0.2) is 60.7 Å². The summed E-state index contributed by atoms with van der Waals surface area (Å²) in [5.41, 5.74) is 5.29. The second-order valence-corrected chi connectivity index (χ2v) is 6.39. The number of nitro groups is 1. The summed E-state index contributed by atoms with van der Waals surface area (Å²) in [5.74, 6) is -1.84. The Kier molecular flexibility index (Phi) is 4.16. The number of hydrogen-bond acceptors (Lipinski definition) is 6. The molecule has 3 aromatic rings. The van der Waals surface area contributed by atoms with Gasteiger partial charge in [0.15, 0.2) is 5.78 Å². The number of amides is 1. The molecule has 0 fully saturated rings. The SMILES string of the molecule is Nc1ccc(NC(=O)c2ccccc2)c2c1C(=O)c1cccc([N+](=O)[O-])c1C2=O. The van der Waals surface area contributed by atoms with Gasteiger partial charge in [0.2, 0.25) is 5.78 Å². The summed E-state index contributed by atoms with van der Waals surface area (Å²) in [6.07, 6.45) is 0. The van der Waals surface area contributed by atoms with Gasteiger partial charge in [0.05, 0.1) is 21.7 Å². The van der Waals surface area contributed by atoms with Crippen LogP contribution in [0.25, 0.3) is 0 Å². The molecule has 0 aliphatic heterocycles. The highest BCUT2D eigenvalue weighted by atomic mass is 16.6. The Morgan fingerprint density at radius 3 is 2.28 bits per heavy atom. The second-order valence-electron chi connectivity index (χ2n) is 6.39. The van der Waals surface area contributed by atoms with Crippen LogP contribution in [-0.2, 0) is 0 Å². The fourth-order valence-electron chi connectivity index (χ4n) is 3.37. The topological polar surface area (TPSA) is 132 Å². The van der Waals surface area contributed by atoms with E-state index in [1.54, 1.807) is 30.3 Å². The number of benzene rings is 3. The van der Waals surface area contributed by atoms with Gasteiger partial charge in [-0.1, -0.05) is 24.3 Å². The molecule has 1 aliphatic carbocycles. The molecule has 1 aliphatic rings. The summed E-state index contributed by atoms with van der Waals surface area (Å²) >= 11 is 0. The molecule has 0 saturated heterocycles. The number of carbonyl (C=O) groups excluding carboxylic acids is 3. The van der Waals surface area contributed by atoms with Gasteiger partial charge in [-0.25, -0.2) is 0 Å². The number of nitrogen functional groups attached to an aromatic ring is 1. The van der Waals surface area contributed by atoms with Crippen LogP contribution in [0, 0.1) is 10.1 Å². The molecule has 0 heterocycles. The number of nitrogens with two attached hydrogens (primary N) is 1. The van der Waals surface area contributed by atoms with E-state index in [1.165, 1.54) is 24.3 Å². The molecule has 142 valence electrons. The van der Waals surface area contributed by atoms with E-state index < -0.39 is 28.1 Å². The van der Waals surface area contributed by atoms with Gasteiger partial charge in [-0.15, -0.1) is 0 Å². The van der Waals surface area contributed by atoms with Crippen molar-refractivity contribution in [3.05, 3.63) is 98.6 Å². The van der Waals surface area contributed by atoms with Crippen molar-refractivity contribution in [2.45, 2.75) is 0 Å². The number of hydrogen-bond donors (Lipinski definition) is 2. The third kappa shape index (κ3) is 2.83. The molecule has 1 amide bonds. The number of ketones is 2. The normalized spacial score (nSPS) is 12.1. The van der Waals surface area contributed by atoms with Gasteiger partial charge in [-0.05, 0) is 30.3 Å². The lowest BCUT2D eigenvalue weighted by Crippen LogP contribution is -2.26. The molecule has 8 heteroatoms. The lowest BCUT2D eigenvalue weighted by molar-refractivity contribution is -0.385. The molecule has 8 nitrogen and oxygen atoms in total. The highest BCUT2D eigenvalue weighted by Gasteiger charge is 2.38. The van der Waals surface area contributed by atoms with E-state index in [-0.39, 0.29) is 33.6 Å². The number of nitrogens with one attached hydrogen (secondary N) is 1. The first-order valence-electron chi connectivity index (χ1n) is 8.56. The van der Waals surface area contributed by atoms with Crippen LogP contribution in [0.4, 0.5) is 17.1 Å². The fourth-order valence-corrected chi connectivity index (χ4v) is 3.37. The van der Waals surface area contributed by atoms with Crippen LogP contribution in [0.2, 0.25) is 0 Å². The largest absolute Gasteiger partial charge is 0.398 e.